The molecular weight excluding hydrogens is 243 g/mol. The summed E-state index contributed by atoms with van der Waals surface area (Å²) in [6.45, 7) is 2.80. The summed E-state index contributed by atoms with van der Waals surface area (Å²) in [5, 5.41) is 0.648. The van der Waals surface area contributed by atoms with Gasteiger partial charge in [0.05, 0.1) is 5.56 Å². The Balaban J connectivity index is 2.28. The Kier molecular flexibility index (Phi) is 4.10. The highest BCUT2D eigenvalue weighted by Gasteiger charge is 2.13. The second-order valence-corrected chi connectivity index (χ2v) is 4.62. The van der Waals surface area contributed by atoms with E-state index in [4.69, 9.17) is 0 Å². The number of para-hydroxylation sites is 1. The average molecular weight is 260 g/mol. The third-order valence-electron chi connectivity index (χ3n) is 3.10. The number of fused-ring (bicyclic) bond motifs is 1. The highest BCUT2D eigenvalue weighted by atomic mass is 19.1. The van der Waals surface area contributed by atoms with Crippen LogP contribution in [-0.2, 0) is 0 Å². The smallest absolute Gasteiger partial charge is 0.255 e. The number of aromatic nitrogens is 1. The van der Waals surface area contributed by atoms with Crippen molar-refractivity contribution in [3.05, 3.63) is 41.8 Å². The van der Waals surface area contributed by atoms with Gasteiger partial charge in [0.2, 0.25) is 0 Å². The molecule has 0 N–H and O–H groups in total. The van der Waals surface area contributed by atoms with Crippen LogP contribution in [0.4, 0.5) is 4.39 Å². The first kappa shape index (κ1) is 13.5. The zero-order chi connectivity index (χ0) is 13.8. The summed E-state index contributed by atoms with van der Waals surface area (Å²) in [5.41, 5.74) is 0.798. The molecule has 0 aliphatic carbocycles. The lowest BCUT2D eigenvalue weighted by molar-refractivity contribution is 0.0793. The van der Waals surface area contributed by atoms with Gasteiger partial charge in [-0.15, -0.1) is 0 Å². The summed E-state index contributed by atoms with van der Waals surface area (Å²) in [6.07, 6.45) is 3.45. The maximum absolute atomic E-state index is 13.5. The molecule has 19 heavy (non-hydrogen) atoms. The molecule has 2 aromatic rings. The van der Waals surface area contributed by atoms with Crippen LogP contribution in [0.2, 0.25) is 0 Å². The molecule has 1 amide bonds. The van der Waals surface area contributed by atoms with Crippen LogP contribution in [0.25, 0.3) is 10.9 Å². The van der Waals surface area contributed by atoms with E-state index in [1.807, 2.05) is 0 Å². The topological polar surface area (TPSA) is 33.2 Å². The van der Waals surface area contributed by atoms with Crippen LogP contribution >= 0.6 is 0 Å². The third-order valence-corrected chi connectivity index (χ3v) is 3.10. The number of hydrogen-bond donors (Lipinski definition) is 0. The molecule has 1 heterocycles. The minimum absolute atomic E-state index is 0.0767. The van der Waals surface area contributed by atoms with Crippen LogP contribution in [0.3, 0.4) is 0 Å². The number of unbranched alkanes of at least 4 members (excludes halogenated alkanes) is 1. The largest absolute Gasteiger partial charge is 0.342 e. The van der Waals surface area contributed by atoms with E-state index >= 15 is 0 Å². The normalized spacial score (nSPS) is 10.7. The van der Waals surface area contributed by atoms with Crippen molar-refractivity contribution in [3.63, 3.8) is 0 Å². The molecule has 0 unspecified atom stereocenters. The fraction of sp³-hybridized carbons (Fsp3) is 0.333. The number of carbonyl (C=O) groups excluding carboxylic acids is 1. The Morgan fingerprint density at radius 3 is 2.95 bits per heavy atom. The quantitative estimate of drug-likeness (QED) is 0.845. The number of nitrogens with zero attached hydrogens (tertiary/aromatic N) is 2. The first-order valence-corrected chi connectivity index (χ1v) is 6.43. The van der Waals surface area contributed by atoms with Crippen molar-refractivity contribution in [2.24, 2.45) is 0 Å². The van der Waals surface area contributed by atoms with Gasteiger partial charge in [0.25, 0.3) is 5.91 Å². The number of halogens is 1. The van der Waals surface area contributed by atoms with Gasteiger partial charge in [0.1, 0.15) is 11.3 Å². The zero-order valence-electron chi connectivity index (χ0n) is 11.2. The second-order valence-electron chi connectivity index (χ2n) is 4.62. The van der Waals surface area contributed by atoms with Gasteiger partial charge in [-0.05, 0) is 18.6 Å². The summed E-state index contributed by atoms with van der Waals surface area (Å²) >= 11 is 0. The van der Waals surface area contributed by atoms with Crippen molar-refractivity contribution in [2.45, 2.75) is 19.8 Å². The predicted octanol–water partition coefficient (Wildman–Crippen LogP) is 3.25. The van der Waals surface area contributed by atoms with Gasteiger partial charge >= 0.3 is 0 Å². The van der Waals surface area contributed by atoms with Crippen molar-refractivity contribution in [2.75, 3.05) is 13.6 Å². The fourth-order valence-corrected chi connectivity index (χ4v) is 1.96. The Morgan fingerprint density at radius 2 is 2.21 bits per heavy atom. The molecule has 0 aliphatic rings. The van der Waals surface area contributed by atoms with E-state index in [-0.39, 0.29) is 11.7 Å². The van der Waals surface area contributed by atoms with Gasteiger partial charge in [0.15, 0.2) is 0 Å². The van der Waals surface area contributed by atoms with Crippen LogP contribution in [0.15, 0.2) is 30.5 Å². The van der Waals surface area contributed by atoms with E-state index in [9.17, 15) is 9.18 Å². The van der Waals surface area contributed by atoms with Crippen molar-refractivity contribution in [1.29, 1.82) is 0 Å². The van der Waals surface area contributed by atoms with Crippen LogP contribution in [-0.4, -0.2) is 29.4 Å². The first-order valence-electron chi connectivity index (χ1n) is 6.43. The number of amides is 1. The predicted molar refractivity (Wildman–Crippen MR) is 73.6 cm³/mol. The Labute approximate surface area is 112 Å². The number of hydrogen-bond acceptors (Lipinski definition) is 2. The van der Waals surface area contributed by atoms with Crippen molar-refractivity contribution in [3.8, 4) is 0 Å². The van der Waals surface area contributed by atoms with Crippen molar-refractivity contribution in [1.82, 2.24) is 9.88 Å². The molecule has 0 atom stereocenters. The lowest BCUT2D eigenvalue weighted by Crippen LogP contribution is -2.27. The molecule has 0 saturated heterocycles. The van der Waals surface area contributed by atoms with Crippen molar-refractivity contribution >= 4 is 16.8 Å². The van der Waals surface area contributed by atoms with Gasteiger partial charge in [-0.1, -0.05) is 25.5 Å². The maximum Gasteiger partial charge on any atom is 0.255 e. The standard InChI is InChI=1S/C15H17FN2O/c1-3-4-8-18(2)15(19)12-9-11-6-5-7-13(16)14(11)17-10-12/h5-7,9-10H,3-4,8H2,1-2H3. The number of carbonyl (C=O) groups is 1. The number of rotatable bonds is 4. The molecule has 0 spiro atoms. The van der Waals surface area contributed by atoms with Gasteiger partial charge in [0, 0.05) is 25.2 Å². The molecule has 0 radical (unpaired) electrons. The molecule has 4 heteroatoms. The van der Waals surface area contributed by atoms with E-state index in [1.54, 1.807) is 30.1 Å². The molecule has 0 saturated carbocycles. The van der Waals surface area contributed by atoms with Crippen LogP contribution in [0.1, 0.15) is 30.1 Å². The van der Waals surface area contributed by atoms with E-state index in [0.717, 1.165) is 19.4 Å². The van der Waals surface area contributed by atoms with E-state index < -0.39 is 0 Å². The molecule has 1 aromatic carbocycles. The molecule has 0 bridgehead atoms. The Morgan fingerprint density at radius 1 is 1.42 bits per heavy atom. The summed E-state index contributed by atoms with van der Waals surface area (Å²) in [5.74, 6) is -0.442. The molecule has 100 valence electrons. The van der Waals surface area contributed by atoms with Crippen molar-refractivity contribution < 1.29 is 9.18 Å². The maximum atomic E-state index is 13.5. The fourth-order valence-electron chi connectivity index (χ4n) is 1.96. The molecule has 3 nitrogen and oxygen atoms in total. The molecule has 1 aromatic heterocycles. The minimum Gasteiger partial charge on any atom is -0.342 e. The molecule has 0 fully saturated rings. The van der Waals surface area contributed by atoms with E-state index in [1.165, 1.54) is 12.3 Å². The van der Waals surface area contributed by atoms with Gasteiger partial charge in [-0.2, -0.15) is 0 Å². The molecule has 2 rings (SSSR count). The molecule has 0 aliphatic heterocycles. The SMILES string of the molecule is CCCCN(C)C(=O)c1cnc2c(F)cccc2c1. The lowest BCUT2D eigenvalue weighted by atomic mass is 10.1. The summed E-state index contributed by atoms with van der Waals surface area (Å²) < 4.78 is 13.5. The first-order chi connectivity index (χ1) is 9.13. The van der Waals surface area contributed by atoms with E-state index in [0.29, 0.717) is 16.5 Å². The zero-order valence-corrected chi connectivity index (χ0v) is 11.2. The number of benzene rings is 1. The molecular formula is C15H17FN2O. The van der Waals surface area contributed by atoms with Gasteiger partial charge in [-0.25, -0.2) is 4.39 Å². The highest BCUT2D eigenvalue weighted by molar-refractivity contribution is 5.97. The minimum atomic E-state index is -0.365. The van der Waals surface area contributed by atoms with Crippen LogP contribution in [0.5, 0.6) is 0 Å². The van der Waals surface area contributed by atoms with Crippen LogP contribution < -0.4 is 0 Å². The Hall–Kier alpha value is -1.97. The van der Waals surface area contributed by atoms with Gasteiger partial charge in [-0.3, -0.25) is 9.78 Å². The highest BCUT2D eigenvalue weighted by Crippen LogP contribution is 2.17. The number of pyridine rings is 1. The second kappa shape index (κ2) is 5.78. The third kappa shape index (κ3) is 2.89. The van der Waals surface area contributed by atoms with Gasteiger partial charge < -0.3 is 4.90 Å². The van der Waals surface area contributed by atoms with Crippen LogP contribution in [0, 0.1) is 5.82 Å². The average Bonchev–Trinajstić information content (AvgIpc) is 2.43. The summed E-state index contributed by atoms with van der Waals surface area (Å²) in [6, 6.07) is 6.43. The lowest BCUT2D eigenvalue weighted by Gasteiger charge is -2.16. The Bertz CT molecular complexity index is 598. The summed E-state index contributed by atoms with van der Waals surface area (Å²) in [4.78, 5) is 17.9. The summed E-state index contributed by atoms with van der Waals surface area (Å²) in [7, 11) is 1.77. The van der Waals surface area contributed by atoms with E-state index in [2.05, 4.69) is 11.9 Å². The monoisotopic (exact) mass is 260 g/mol.